The summed E-state index contributed by atoms with van der Waals surface area (Å²) in [6.07, 6.45) is 2.90. The average molecular weight is 498 g/mol. The second kappa shape index (κ2) is 15.7. The van der Waals surface area contributed by atoms with Crippen LogP contribution in [0.15, 0.2) is 0 Å². The Morgan fingerprint density at radius 2 is 1.80 bits per heavy atom. The maximum absolute atomic E-state index is 13.4. The van der Waals surface area contributed by atoms with E-state index in [1.165, 1.54) is 0 Å². The zero-order valence-corrected chi connectivity index (χ0v) is 22.7. The van der Waals surface area contributed by atoms with Crippen LogP contribution >= 0.6 is 0 Å². The van der Waals surface area contributed by atoms with Crippen molar-refractivity contribution in [2.75, 3.05) is 47.4 Å². The van der Waals surface area contributed by atoms with Gasteiger partial charge in [-0.25, -0.2) is 0 Å². The number of hydrogen-bond donors (Lipinski definition) is 3. The molecule has 1 heterocycles. The van der Waals surface area contributed by atoms with Crippen LogP contribution in [0.4, 0.5) is 0 Å². The topological polar surface area (TPSA) is 120 Å². The van der Waals surface area contributed by atoms with Gasteiger partial charge >= 0.3 is 0 Å². The Morgan fingerprint density at radius 3 is 2.37 bits per heavy atom. The quantitative estimate of drug-likeness (QED) is 0.307. The molecule has 5 atom stereocenters. The van der Waals surface area contributed by atoms with Gasteiger partial charge in [-0.3, -0.25) is 19.2 Å². The van der Waals surface area contributed by atoms with Crippen LogP contribution in [0.2, 0.25) is 0 Å². The van der Waals surface area contributed by atoms with Crippen LogP contribution in [0.3, 0.4) is 0 Å². The van der Waals surface area contributed by atoms with Crippen LogP contribution in [0.25, 0.3) is 0 Å². The van der Waals surface area contributed by atoms with Crippen molar-refractivity contribution < 1.29 is 23.9 Å². The van der Waals surface area contributed by atoms with E-state index in [-0.39, 0.29) is 67.1 Å². The summed E-state index contributed by atoms with van der Waals surface area (Å²) in [5.41, 5.74) is 0. The molecule has 0 aromatic heterocycles. The van der Waals surface area contributed by atoms with Crippen molar-refractivity contribution in [3.05, 3.63) is 0 Å². The number of nitrogens with one attached hydrogen (secondary N) is 3. The molecule has 0 aliphatic carbocycles. The van der Waals surface area contributed by atoms with Gasteiger partial charge < -0.3 is 30.5 Å². The van der Waals surface area contributed by atoms with Gasteiger partial charge in [-0.15, -0.1) is 0 Å². The molecule has 10 heteroatoms. The molecule has 1 aliphatic heterocycles. The fourth-order valence-electron chi connectivity index (χ4n) is 4.83. The molecular formula is C25H47N5O5. The van der Waals surface area contributed by atoms with Crippen LogP contribution in [-0.2, 0) is 23.9 Å². The van der Waals surface area contributed by atoms with Crippen LogP contribution in [-0.4, -0.2) is 99.0 Å². The zero-order chi connectivity index (χ0) is 26.5. The number of methoxy groups -OCH3 is 1. The molecule has 0 radical (unpaired) electrons. The molecule has 0 spiro atoms. The van der Waals surface area contributed by atoms with Gasteiger partial charge in [0.05, 0.1) is 31.7 Å². The van der Waals surface area contributed by atoms with Crippen molar-refractivity contribution in [3.8, 4) is 0 Å². The molecule has 1 saturated heterocycles. The number of nitrogens with zero attached hydrogens (tertiary/aromatic N) is 2. The minimum absolute atomic E-state index is 0.0142. The standard InChI is InChI=1S/C25H47N5O5/c1-8-17(3)24(29(6)23(33)16-28-21(31)15-26-5)20(35-7)14-22(32)30-12-10-11-19(30)13-18(4)25(34)27-9-2/h17-20,24,26H,8-16H2,1-7H3,(H,27,34)(H,28,31). The molecule has 1 rings (SSSR count). The summed E-state index contributed by atoms with van der Waals surface area (Å²) >= 11 is 0. The molecule has 0 aromatic carbocycles. The maximum atomic E-state index is 13.4. The smallest absolute Gasteiger partial charge is 0.242 e. The molecule has 202 valence electrons. The Labute approximate surface area is 210 Å². The van der Waals surface area contributed by atoms with E-state index in [1.807, 2.05) is 32.6 Å². The molecule has 3 N–H and O–H groups in total. The van der Waals surface area contributed by atoms with Gasteiger partial charge in [-0.1, -0.05) is 27.2 Å². The number of likely N-dealkylation sites (N-methyl/N-ethyl adjacent to an activating group) is 2. The van der Waals surface area contributed by atoms with Crippen LogP contribution in [0.1, 0.15) is 59.8 Å². The van der Waals surface area contributed by atoms with Gasteiger partial charge in [0.2, 0.25) is 23.6 Å². The van der Waals surface area contributed by atoms with E-state index < -0.39 is 6.10 Å². The number of likely N-dealkylation sites (tertiary alicyclic amines) is 1. The molecule has 0 aromatic rings. The van der Waals surface area contributed by atoms with Gasteiger partial charge in [0, 0.05) is 39.2 Å². The second-order valence-electron chi connectivity index (χ2n) is 9.58. The fraction of sp³-hybridized carbons (Fsp3) is 0.840. The van der Waals surface area contributed by atoms with Crippen LogP contribution < -0.4 is 16.0 Å². The lowest BCUT2D eigenvalue weighted by molar-refractivity contribution is -0.143. The Morgan fingerprint density at radius 1 is 1.11 bits per heavy atom. The van der Waals surface area contributed by atoms with Crippen molar-refractivity contribution in [2.24, 2.45) is 11.8 Å². The summed E-state index contributed by atoms with van der Waals surface area (Å²) in [7, 11) is 4.93. The molecule has 5 unspecified atom stereocenters. The highest BCUT2D eigenvalue weighted by atomic mass is 16.5. The first-order chi connectivity index (χ1) is 16.6. The first kappa shape index (κ1) is 30.8. The van der Waals surface area contributed by atoms with E-state index in [9.17, 15) is 19.2 Å². The monoisotopic (exact) mass is 497 g/mol. The minimum Gasteiger partial charge on any atom is -0.379 e. The molecule has 0 saturated carbocycles. The number of amides is 4. The predicted octanol–water partition coefficient (Wildman–Crippen LogP) is 0.754. The molecule has 0 bridgehead atoms. The maximum Gasteiger partial charge on any atom is 0.242 e. The third-order valence-corrected chi connectivity index (χ3v) is 7.02. The molecule has 35 heavy (non-hydrogen) atoms. The second-order valence-corrected chi connectivity index (χ2v) is 9.58. The summed E-state index contributed by atoms with van der Waals surface area (Å²) in [6, 6.07) is -0.292. The lowest BCUT2D eigenvalue weighted by atomic mass is 9.90. The highest BCUT2D eigenvalue weighted by Crippen LogP contribution is 2.27. The molecule has 1 fully saturated rings. The summed E-state index contributed by atoms with van der Waals surface area (Å²) in [4.78, 5) is 53.7. The Hall–Kier alpha value is -2.20. The van der Waals surface area contributed by atoms with Crippen LogP contribution in [0, 0.1) is 11.8 Å². The lowest BCUT2D eigenvalue weighted by Crippen LogP contribution is -2.53. The van der Waals surface area contributed by atoms with E-state index in [0.717, 1.165) is 19.3 Å². The molecular weight excluding hydrogens is 450 g/mol. The third kappa shape index (κ3) is 9.40. The van der Waals surface area contributed by atoms with Crippen molar-refractivity contribution in [1.82, 2.24) is 25.8 Å². The van der Waals surface area contributed by atoms with Crippen molar-refractivity contribution >= 4 is 23.6 Å². The first-order valence-electron chi connectivity index (χ1n) is 12.9. The summed E-state index contributed by atoms with van der Waals surface area (Å²) in [5.74, 6) is -0.568. The number of carbonyl (C=O) groups is 4. The lowest BCUT2D eigenvalue weighted by Gasteiger charge is -2.38. The number of carbonyl (C=O) groups excluding carboxylic acids is 4. The predicted molar refractivity (Wildman–Crippen MR) is 136 cm³/mol. The Balaban J connectivity index is 2.90. The zero-order valence-electron chi connectivity index (χ0n) is 22.7. The Bertz CT molecular complexity index is 704. The summed E-state index contributed by atoms with van der Waals surface area (Å²) < 4.78 is 5.78. The highest BCUT2D eigenvalue weighted by Gasteiger charge is 2.37. The van der Waals surface area contributed by atoms with Gasteiger partial charge in [0.1, 0.15) is 0 Å². The molecule has 4 amide bonds. The van der Waals surface area contributed by atoms with Crippen molar-refractivity contribution in [2.45, 2.75) is 78.0 Å². The molecule has 10 nitrogen and oxygen atoms in total. The SMILES string of the molecule is CCNC(=O)C(C)CC1CCCN1C(=O)CC(OC)C(C(C)CC)N(C)C(=O)CNC(=O)CNC. The van der Waals surface area contributed by atoms with Gasteiger partial charge in [-0.05, 0) is 39.2 Å². The van der Waals surface area contributed by atoms with Crippen molar-refractivity contribution in [3.63, 3.8) is 0 Å². The van der Waals surface area contributed by atoms with Crippen LogP contribution in [0.5, 0.6) is 0 Å². The van der Waals surface area contributed by atoms with E-state index >= 15 is 0 Å². The summed E-state index contributed by atoms with van der Waals surface area (Å²) in [6.45, 7) is 9.16. The van der Waals surface area contributed by atoms with Gasteiger partial charge in [0.15, 0.2) is 0 Å². The normalized spacial score (nSPS) is 18.9. The van der Waals surface area contributed by atoms with Gasteiger partial charge in [0.25, 0.3) is 0 Å². The number of hydrogen-bond acceptors (Lipinski definition) is 6. The van der Waals surface area contributed by atoms with E-state index in [0.29, 0.717) is 19.5 Å². The molecule has 1 aliphatic rings. The first-order valence-corrected chi connectivity index (χ1v) is 12.9. The minimum atomic E-state index is -0.485. The average Bonchev–Trinajstić information content (AvgIpc) is 3.30. The van der Waals surface area contributed by atoms with E-state index in [1.54, 1.807) is 26.1 Å². The van der Waals surface area contributed by atoms with E-state index in [4.69, 9.17) is 4.74 Å². The van der Waals surface area contributed by atoms with Gasteiger partial charge in [-0.2, -0.15) is 0 Å². The largest absolute Gasteiger partial charge is 0.379 e. The van der Waals surface area contributed by atoms with E-state index in [2.05, 4.69) is 16.0 Å². The number of rotatable bonds is 15. The Kier molecular flexibility index (Phi) is 13.9. The highest BCUT2D eigenvalue weighted by molar-refractivity contribution is 5.85. The summed E-state index contributed by atoms with van der Waals surface area (Å²) in [5, 5.41) is 8.23. The van der Waals surface area contributed by atoms with Crippen molar-refractivity contribution in [1.29, 1.82) is 0 Å². The third-order valence-electron chi connectivity index (χ3n) is 7.02. The number of ether oxygens (including phenoxy) is 1. The fourth-order valence-corrected chi connectivity index (χ4v) is 4.83.